The van der Waals surface area contributed by atoms with Gasteiger partial charge in [-0.3, -0.25) is 24.2 Å². The summed E-state index contributed by atoms with van der Waals surface area (Å²) < 4.78 is 14.1. The normalized spacial score (nSPS) is 12.2. The number of hydrogen-bond donors (Lipinski definition) is 3. The molecule has 36 heavy (non-hydrogen) atoms. The Labute approximate surface area is 212 Å². The summed E-state index contributed by atoms with van der Waals surface area (Å²) in [6, 6.07) is 15.2. The fourth-order valence-corrected chi connectivity index (χ4v) is 3.45. The van der Waals surface area contributed by atoms with E-state index in [2.05, 4.69) is 20.9 Å². The van der Waals surface area contributed by atoms with Crippen molar-refractivity contribution >= 4 is 35.1 Å². The van der Waals surface area contributed by atoms with Crippen molar-refractivity contribution in [2.75, 3.05) is 0 Å². The number of benzene rings is 2. The van der Waals surface area contributed by atoms with Crippen molar-refractivity contribution in [2.45, 2.75) is 32.0 Å². The first-order valence-corrected chi connectivity index (χ1v) is 11.4. The van der Waals surface area contributed by atoms with Crippen LogP contribution < -0.4 is 16.0 Å². The summed E-state index contributed by atoms with van der Waals surface area (Å²) >= 11 is 5.71. The molecule has 0 fully saturated rings. The molecule has 0 aliphatic heterocycles. The van der Waals surface area contributed by atoms with Crippen molar-refractivity contribution in [1.29, 1.82) is 0 Å². The van der Waals surface area contributed by atoms with Gasteiger partial charge in [0.1, 0.15) is 17.9 Å². The molecule has 0 spiro atoms. The monoisotopic (exact) mass is 510 g/mol. The number of nitrogens with zero attached hydrogens (tertiary/aromatic N) is 1. The van der Waals surface area contributed by atoms with Gasteiger partial charge in [0.25, 0.3) is 11.8 Å². The minimum atomic E-state index is -1.20. The maximum atomic E-state index is 14.1. The van der Waals surface area contributed by atoms with Gasteiger partial charge in [-0.05, 0) is 42.8 Å². The molecular formula is C26H24ClFN4O4. The SMILES string of the molecule is C[C@@H](NC(=O)c1ccc(Cl)cc1F)C(=O)N[C@H](Cc1ccccc1)C(=O)C(=O)NCc1ccccn1. The fraction of sp³-hybridized carbons (Fsp3) is 0.192. The molecule has 0 bridgehead atoms. The highest BCUT2D eigenvalue weighted by Crippen LogP contribution is 2.14. The molecule has 3 rings (SSSR count). The Morgan fingerprint density at radius 1 is 0.972 bits per heavy atom. The molecule has 1 heterocycles. The Morgan fingerprint density at radius 2 is 1.69 bits per heavy atom. The van der Waals surface area contributed by atoms with Gasteiger partial charge in [0.15, 0.2) is 0 Å². The smallest absolute Gasteiger partial charge is 0.289 e. The van der Waals surface area contributed by atoms with E-state index < -0.39 is 41.4 Å². The van der Waals surface area contributed by atoms with Crippen LogP contribution in [0.5, 0.6) is 0 Å². The first-order valence-electron chi connectivity index (χ1n) is 11.1. The van der Waals surface area contributed by atoms with Crippen LogP contribution in [0.4, 0.5) is 4.39 Å². The van der Waals surface area contributed by atoms with E-state index in [1.54, 1.807) is 54.7 Å². The molecule has 2 atom stereocenters. The molecule has 186 valence electrons. The lowest BCUT2D eigenvalue weighted by Crippen LogP contribution is -2.53. The van der Waals surface area contributed by atoms with Crippen molar-refractivity contribution < 1.29 is 23.6 Å². The molecule has 0 unspecified atom stereocenters. The second-order valence-electron chi connectivity index (χ2n) is 7.94. The minimum absolute atomic E-state index is 0.0382. The van der Waals surface area contributed by atoms with Gasteiger partial charge >= 0.3 is 0 Å². The third-order valence-electron chi connectivity index (χ3n) is 5.21. The Hall–Kier alpha value is -4.11. The van der Waals surface area contributed by atoms with Crippen molar-refractivity contribution in [1.82, 2.24) is 20.9 Å². The number of pyridine rings is 1. The molecule has 3 amide bonds. The molecule has 0 radical (unpaired) electrons. The van der Waals surface area contributed by atoms with E-state index in [1.807, 2.05) is 0 Å². The second kappa shape index (κ2) is 12.6. The molecular weight excluding hydrogens is 487 g/mol. The second-order valence-corrected chi connectivity index (χ2v) is 8.37. The number of carbonyl (C=O) groups excluding carboxylic acids is 4. The molecule has 3 aromatic rings. The van der Waals surface area contributed by atoms with Crippen LogP contribution in [0.1, 0.15) is 28.5 Å². The van der Waals surface area contributed by atoms with E-state index in [9.17, 15) is 23.6 Å². The van der Waals surface area contributed by atoms with Crippen molar-refractivity contribution in [2.24, 2.45) is 0 Å². The Kier molecular flexibility index (Phi) is 9.24. The van der Waals surface area contributed by atoms with Gasteiger partial charge < -0.3 is 16.0 Å². The number of aromatic nitrogens is 1. The molecule has 3 N–H and O–H groups in total. The average Bonchev–Trinajstić information content (AvgIpc) is 2.87. The van der Waals surface area contributed by atoms with Crippen molar-refractivity contribution in [3.05, 3.63) is 101 Å². The van der Waals surface area contributed by atoms with Crippen LogP contribution >= 0.6 is 11.6 Å². The van der Waals surface area contributed by atoms with Crippen LogP contribution in [0.2, 0.25) is 5.02 Å². The quantitative estimate of drug-likeness (QED) is 0.362. The maximum Gasteiger partial charge on any atom is 0.289 e. The van der Waals surface area contributed by atoms with Gasteiger partial charge in [0.2, 0.25) is 11.7 Å². The molecule has 0 aliphatic rings. The third kappa shape index (κ3) is 7.44. The maximum absolute atomic E-state index is 14.1. The van der Waals surface area contributed by atoms with Crippen molar-refractivity contribution in [3.63, 3.8) is 0 Å². The van der Waals surface area contributed by atoms with Crippen LogP contribution in [0, 0.1) is 5.82 Å². The lowest BCUT2D eigenvalue weighted by atomic mass is 10.0. The molecule has 0 saturated heterocycles. The zero-order valence-electron chi connectivity index (χ0n) is 19.3. The average molecular weight is 511 g/mol. The van der Waals surface area contributed by atoms with Gasteiger partial charge in [0, 0.05) is 17.6 Å². The van der Waals surface area contributed by atoms with Crippen LogP contribution in [0.3, 0.4) is 0 Å². The standard InChI is InChI=1S/C26H24ClFN4O4/c1-16(31-25(35)20-11-10-18(27)14-21(20)28)24(34)32-22(13-17-7-3-2-4-8-17)23(33)26(36)30-15-19-9-5-6-12-29-19/h2-12,14,16,22H,13,15H2,1H3,(H,30,36)(H,31,35)(H,32,34)/t16-,22-/m1/s1. The zero-order valence-corrected chi connectivity index (χ0v) is 20.1. The number of nitrogens with one attached hydrogen (secondary N) is 3. The summed E-state index contributed by atoms with van der Waals surface area (Å²) in [5.74, 6) is -4.13. The lowest BCUT2D eigenvalue weighted by molar-refractivity contribution is -0.140. The Balaban J connectivity index is 1.68. The predicted molar refractivity (Wildman–Crippen MR) is 132 cm³/mol. The van der Waals surface area contributed by atoms with Gasteiger partial charge in [-0.25, -0.2) is 4.39 Å². The first kappa shape index (κ1) is 26.5. The van der Waals surface area contributed by atoms with E-state index >= 15 is 0 Å². The molecule has 0 saturated carbocycles. The van der Waals surface area contributed by atoms with Crippen LogP contribution in [-0.4, -0.2) is 40.6 Å². The number of amides is 3. The van der Waals surface area contributed by atoms with E-state index in [1.165, 1.54) is 19.1 Å². The van der Waals surface area contributed by atoms with Gasteiger partial charge in [-0.1, -0.05) is 48.0 Å². The fourth-order valence-electron chi connectivity index (χ4n) is 3.29. The summed E-state index contributed by atoms with van der Waals surface area (Å²) in [6.07, 6.45) is 1.61. The van der Waals surface area contributed by atoms with E-state index in [0.29, 0.717) is 11.3 Å². The molecule has 0 aliphatic carbocycles. The molecule has 10 heteroatoms. The first-order chi connectivity index (χ1) is 17.2. The zero-order chi connectivity index (χ0) is 26.1. The van der Waals surface area contributed by atoms with Crippen molar-refractivity contribution in [3.8, 4) is 0 Å². The summed E-state index contributed by atoms with van der Waals surface area (Å²) in [5.41, 5.74) is 0.992. The predicted octanol–water partition coefficient (Wildman–Crippen LogP) is 2.61. The number of Topliss-reactive ketones (excluding diaryl/α,β-unsaturated/α-hetero) is 1. The highest BCUT2D eigenvalue weighted by Gasteiger charge is 2.29. The summed E-state index contributed by atoms with van der Waals surface area (Å²) in [4.78, 5) is 54.8. The largest absolute Gasteiger partial charge is 0.344 e. The number of carbonyl (C=O) groups is 4. The third-order valence-corrected chi connectivity index (χ3v) is 5.45. The molecule has 2 aromatic carbocycles. The highest BCUT2D eigenvalue weighted by atomic mass is 35.5. The molecule has 1 aromatic heterocycles. The van der Waals surface area contributed by atoms with Crippen LogP contribution in [0.25, 0.3) is 0 Å². The van der Waals surface area contributed by atoms with Gasteiger partial charge in [-0.2, -0.15) is 0 Å². The van der Waals surface area contributed by atoms with Crippen LogP contribution in [0.15, 0.2) is 72.9 Å². The van der Waals surface area contributed by atoms with Crippen LogP contribution in [-0.2, 0) is 27.3 Å². The highest BCUT2D eigenvalue weighted by molar-refractivity contribution is 6.38. The topological polar surface area (TPSA) is 117 Å². The number of rotatable bonds is 10. The number of hydrogen-bond acceptors (Lipinski definition) is 5. The molecule has 8 nitrogen and oxygen atoms in total. The summed E-state index contributed by atoms with van der Waals surface area (Å²) in [5, 5.41) is 7.55. The van der Waals surface area contributed by atoms with E-state index in [4.69, 9.17) is 11.6 Å². The Morgan fingerprint density at radius 3 is 2.36 bits per heavy atom. The number of halogens is 2. The van der Waals surface area contributed by atoms with Gasteiger partial charge in [0.05, 0.1) is 17.8 Å². The summed E-state index contributed by atoms with van der Waals surface area (Å²) in [7, 11) is 0. The van der Waals surface area contributed by atoms with Gasteiger partial charge in [-0.15, -0.1) is 0 Å². The lowest BCUT2D eigenvalue weighted by Gasteiger charge is -2.21. The Bertz CT molecular complexity index is 1240. The van der Waals surface area contributed by atoms with E-state index in [-0.39, 0.29) is 23.6 Å². The summed E-state index contributed by atoms with van der Waals surface area (Å²) in [6.45, 7) is 1.42. The van der Waals surface area contributed by atoms with E-state index in [0.717, 1.165) is 6.07 Å². The number of ketones is 1. The minimum Gasteiger partial charge on any atom is -0.344 e.